The van der Waals surface area contributed by atoms with Gasteiger partial charge in [-0.2, -0.15) is 0 Å². The van der Waals surface area contributed by atoms with Gasteiger partial charge in [0.15, 0.2) is 0 Å². The molecule has 1 aliphatic heterocycles. The van der Waals surface area contributed by atoms with Crippen molar-refractivity contribution in [2.45, 2.75) is 17.4 Å². The molecule has 0 aliphatic carbocycles. The first-order valence-electron chi connectivity index (χ1n) is 5.66. The first-order chi connectivity index (χ1) is 8.61. The second-order valence-electron chi connectivity index (χ2n) is 4.13. The van der Waals surface area contributed by atoms with Gasteiger partial charge in [-0.15, -0.1) is 11.8 Å². The van der Waals surface area contributed by atoms with Crippen molar-refractivity contribution in [3.63, 3.8) is 0 Å². The number of halogens is 2. The number of nitrogens with one attached hydrogen (secondary N) is 2. The van der Waals surface area contributed by atoms with Gasteiger partial charge in [0, 0.05) is 17.5 Å². The zero-order valence-corrected chi connectivity index (χ0v) is 12.3. The van der Waals surface area contributed by atoms with Crippen LogP contribution in [0.4, 0.5) is 0 Å². The summed E-state index contributed by atoms with van der Waals surface area (Å²) in [4.78, 5) is 13.0. The van der Waals surface area contributed by atoms with Crippen LogP contribution in [0.5, 0.6) is 0 Å². The van der Waals surface area contributed by atoms with Crippen molar-refractivity contribution in [1.82, 2.24) is 10.6 Å². The topological polar surface area (TPSA) is 41.1 Å². The van der Waals surface area contributed by atoms with E-state index in [1.54, 1.807) is 12.1 Å². The third kappa shape index (κ3) is 3.12. The summed E-state index contributed by atoms with van der Waals surface area (Å²) in [5.74, 6) is -0.138. The summed E-state index contributed by atoms with van der Waals surface area (Å²) in [5, 5.41) is 7.14. The highest BCUT2D eigenvalue weighted by Crippen LogP contribution is 2.31. The zero-order valence-electron chi connectivity index (χ0n) is 9.93. The molecule has 0 radical (unpaired) electrons. The molecule has 6 heteroatoms. The lowest BCUT2D eigenvalue weighted by Gasteiger charge is -2.13. The molecule has 1 amide bonds. The largest absolute Gasteiger partial charge is 0.348 e. The number of carbonyl (C=O) groups is 1. The average molecular weight is 305 g/mol. The van der Waals surface area contributed by atoms with Crippen LogP contribution in [0.3, 0.4) is 0 Å². The molecule has 2 rings (SSSR count). The standard InChI is InChI=1S/C12H14Cl2N2OS/c1-18-11-4-8(9(13)5-10(11)14)12(17)16-7-2-3-15-6-7/h4-5,7,15H,2-3,6H2,1H3,(H,16,17). The van der Waals surface area contributed by atoms with Crippen LogP contribution in [-0.2, 0) is 0 Å². The Balaban J connectivity index is 2.18. The Morgan fingerprint density at radius 1 is 1.44 bits per heavy atom. The third-order valence-electron chi connectivity index (χ3n) is 2.88. The van der Waals surface area contributed by atoms with Crippen molar-refractivity contribution >= 4 is 40.9 Å². The monoisotopic (exact) mass is 304 g/mol. The van der Waals surface area contributed by atoms with E-state index in [0.29, 0.717) is 15.6 Å². The van der Waals surface area contributed by atoms with E-state index in [0.717, 1.165) is 24.4 Å². The normalized spacial score (nSPS) is 18.9. The van der Waals surface area contributed by atoms with E-state index < -0.39 is 0 Å². The van der Waals surface area contributed by atoms with Crippen LogP contribution in [0.1, 0.15) is 16.8 Å². The Morgan fingerprint density at radius 2 is 2.22 bits per heavy atom. The van der Waals surface area contributed by atoms with Gasteiger partial charge in [0.1, 0.15) is 0 Å². The lowest BCUT2D eigenvalue weighted by molar-refractivity contribution is 0.0940. The molecule has 3 nitrogen and oxygen atoms in total. The van der Waals surface area contributed by atoms with Crippen LogP contribution < -0.4 is 10.6 Å². The van der Waals surface area contributed by atoms with Crippen LogP contribution in [-0.4, -0.2) is 31.3 Å². The molecule has 0 saturated carbocycles. The van der Waals surface area contributed by atoms with Crippen molar-refractivity contribution in [3.05, 3.63) is 27.7 Å². The third-order valence-corrected chi connectivity index (χ3v) is 4.40. The first-order valence-corrected chi connectivity index (χ1v) is 7.64. The molecule has 0 spiro atoms. The predicted octanol–water partition coefficient (Wildman–Crippen LogP) is 2.81. The van der Waals surface area contributed by atoms with Crippen molar-refractivity contribution < 1.29 is 4.79 Å². The minimum atomic E-state index is -0.138. The highest BCUT2D eigenvalue weighted by molar-refractivity contribution is 7.98. The summed E-state index contributed by atoms with van der Waals surface area (Å²) in [5.41, 5.74) is 0.484. The van der Waals surface area contributed by atoms with Crippen LogP contribution >= 0.6 is 35.0 Å². The molecule has 0 aromatic heterocycles. The number of rotatable bonds is 3. The summed E-state index contributed by atoms with van der Waals surface area (Å²) < 4.78 is 0. The van der Waals surface area contributed by atoms with Crippen LogP contribution in [0.25, 0.3) is 0 Å². The summed E-state index contributed by atoms with van der Waals surface area (Å²) in [6.07, 6.45) is 2.87. The van der Waals surface area contributed by atoms with E-state index in [1.165, 1.54) is 11.8 Å². The van der Waals surface area contributed by atoms with Gasteiger partial charge in [-0.3, -0.25) is 4.79 Å². The van der Waals surface area contributed by atoms with Crippen molar-refractivity contribution in [2.75, 3.05) is 19.3 Å². The molecule has 1 aromatic rings. The van der Waals surface area contributed by atoms with Crippen molar-refractivity contribution in [3.8, 4) is 0 Å². The number of hydrogen-bond donors (Lipinski definition) is 2. The maximum Gasteiger partial charge on any atom is 0.253 e. The smallest absolute Gasteiger partial charge is 0.253 e. The van der Waals surface area contributed by atoms with Crippen molar-refractivity contribution in [1.29, 1.82) is 0 Å². The molecule has 18 heavy (non-hydrogen) atoms. The Hall–Kier alpha value is -0.420. The lowest BCUT2D eigenvalue weighted by Crippen LogP contribution is -2.36. The first kappa shape index (κ1) is 14.0. The number of hydrogen-bond acceptors (Lipinski definition) is 3. The summed E-state index contributed by atoms with van der Waals surface area (Å²) in [6, 6.07) is 3.55. The van der Waals surface area contributed by atoms with E-state index in [2.05, 4.69) is 10.6 Å². The molecule has 1 saturated heterocycles. The SMILES string of the molecule is CSc1cc(C(=O)NC2CCNC2)c(Cl)cc1Cl. The van der Waals surface area contributed by atoms with Crippen molar-refractivity contribution in [2.24, 2.45) is 0 Å². The molecule has 1 unspecified atom stereocenters. The van der Waals surface area contributed by atoms with E-state index in [-0.39, 0.29) is 11.9 Å². The fourth-order valence-electron chi connectivity index (χ4n) is 1.90. The van der Waals surface area contributed by atoms with E-state index in [4.69, 9.17) is 23.2 Å². The molecule has 1 heterocycles. The van der Waals surface area contributed by atoms with Gasteiger partial charge in [-0.05, 0) is 31.4 Å². The molecular formula is C12H14Cl2N2OS. The fraction of sp³-hybridized carbons (Fsp3) is 0.417. The fourth-order valence-corrected chi connectivity index (χ4v) is 3.09. The van der Waals surface area contributed by atoms with Crippen LogP contribution in [0.2, 0.25) is 10.0 Å². The van der Waals surface area contributed by atoms with E-state index >= 15 is 0 Å². The lowest BCUT2D eigenvalue weighted by atomic mass is 10.2. The van der Waals surface area contributed by atoms with Crippen LogP contribution in [0, 0.1) is 0 Å². The molecule has 1 atom stereocenters. The Labute approximate surface area is 121 Å². The molecule has 1 fully saturated rings. The average Bonchev–Trinajstić information content (AvgIpc) is 2.81. The van der Waals surface area contributed by atoms with E-state index in [9.17, 15) is 4.79 Å². The second kappa shape index (κ2) is 6.15. The molecule has 2 N–H and O–H groups in total. The quantitative estimate of drug-likeness (QED) is 0.844. The molecular weight excluding hydrogens is 291 g/mol. The Morgan fingerprint density at radius 3 is 2.83 bits per heavy atom. The number of amides is 1. The highest BCUT2D eigenvalue weighted by Gasteiger charge is 2.20. The van der Waals surface area contributed by atoms with Crippen LogP contribution in [0.15, 0.2) is 17.0 Å². The predicted molar refractivity (Wildman–Crippen MR) is 77.0 cm³/mol. The molecule has 98 valence electrons. The maximum atomic E-state index is 12.1. The zero-order chi connectivity index (χ0) is 13.1. The van der Waals surface area contributed by atoms with E-state index in [1.807, 2.05) is 6.26 Å². The minimum absolute atomic E-state index is 0.138. The second-order valence-corrected chi connectivity index (χ2v) is 5.79. The van der Waals surface area contributed by atoms with Gasteiger partial charge >= 0.3 is 0 Å². The Kier molecular flexibility index (Phi) is 4.78. The van der Waals surface area contributed by atoms with Gasteiger partial charge in [0.25, 0.3) is 5.91 Å². The highest BCUT2D eigenvalue weighted by atomic mass is 35.5. The summed E-state index contributed by atoms with van der Waals surface area (Å²) in [6.45, 7) is 1.75. The van der Waals surface area contributed by atoms with Gasteiger partial charge in [-0.1, -0.05) is 23.2 Å². The number of carbonyl (C=O) groups excluding carboxylic acids is 1. The maximum absolute atomic E-state index is 12.1. The van der Waals surface area contributed by atoms with Gasteiger partial charge in [0.05, 0.1) is 15.6 Å². The van der Waals surface area contributed by atoms with Gasteiger partial charge < -0.3 is 10.6 Å². The molecule has 1 aliphatic rings. The summed E-state index contributed by atoms with van der Waals surface area (Å²) >= 11 is 13.6. The van der Waals surface area contributed by atoms with Gasteiger partial charge in [-0.25, -0.2) is 0 Å². The van der Waals surface area contributed by atoms with Gasteiger partial charge in [0.2, 0.25) is 0 Å². The Bertz CT molecular complexity index is 462. The molecule has 1 aromatic carbocycles. The summed E-state index contributed by atoms with van der Waals surface area (Å²) in [7, 11) is 0. The minimum Gasteiger partial charge on any atom is -0.348 e. The number of thioether (sulfide) groups is 1. The number of benzene rings is 1. The molecule has 0 bridgehead atoms.